The zero-order valence-corrected chi connectivity index (χ0v) is 15.5. The summed E-state index contributed by atoms with van der Waals surface area (Å²) in [4.78, 5) is 16.7. The largest absolute Gasteiger partial charge is 0.391 e. The van der Waals surface area contributed by atoms with Crippen LogP contribution in [0.4, 0.5) is 18.3 Å². The maximum absolute atomic E-state index is 12.9. The first-order chi connectivity index (χ1) is 12.0. The van der Waals surface area contributed by atoms with Crippen LogP contribution in [0.25, 0.3) is 10.2 Å². The zero-order valence-electron chi connectivity index (χ0n) is 13.8. The molecule has 2 atom stereocenters. The van der Waals surface area contributed by atoms with Crippen LogP contribution in [0.2, 0.25) is 0 Å². The summed E-state index contributed by atoms with van der Waals surface area (Å²) in [5.74, 6) is -2.62. The Morgan fingerprint density at radius 3 is 2.69 bits per heavy atom. The molecule has 5 nitrogen and oxygen atoms in total. The second-order valence-electron chi connectivity index (χ2n) is 6.51. The number of carbonyl (C=O) groups is 1. The number of nitrogens with one attached hydrogen (secondary N) is 1. The standard InChI is InChI=1S/C16H17F3N2O3S2/c1-26(23,24)11-5-6-12-13(8-11)25-15(20-12)21-14(22)9-3-2-4-10(7-9)16(17,18)19/h5-6,8-10H,2-4,7H2,1H3,(H,20,21,22)/t9-,10-/m1/s1. The fourth-order valence-corrected chi connectivity index (χ4v) is 4.75. The van der Waals surface area contributed by atoms with Crippen molar-refractivity contribution in [3.05, 3.63) is 18.2 Å². The number of aromatic nitrogens is 1. The predicted molar refractivity (Wildman–Crippen MR) is 92.9 cm³/mol. The molecule has 1 aliphatic carbocycles. The Bertz CT molecular complexity index is 938. The summed E-state index contributed by atoms with van der Waals surface area (Å²) in [6.07, 6.45) is -2.56. The van der Waals surface area contributed by atoms with Crippen molar-refractivity contribution < 1.29 is 26.4 Å². The highest BCUT2D eigenvalue weighted by Crippen LogP contribution is 2.40. The summed E-state index contributed by atoms with van der Waals surface area (Å²) in [5.41, 5.74) is 0.523. The monoisotopic (exact) mass is 406 g/mol. The van der Waals surface area contributed by atoms with E-state index in [2.05, 4.69) is 10.3 Å². The van der Waals surface area contributed by atoms with E-state index in [0.717, 1.165) is 17.6 Å². The number of amides is 1. The number of hydrogen-bond donors (Lipinski definition) is 1. The normalized spacial score (nSPS) is 21.7. The SMILES string of the molecule is CS(=O)(=O)c1ccc2nc(NC(=O)[C@@H]3CCC[C@@H](C(F)(F)F)C3)sc2c1. The van der Waals surface area contributed by atoms with Crippen LogP contribution in [-0.2, 0) is 14.6 Å². The molecule has 0 spiro atoms. The van der Waals surface area contributed by atoms with Crippen molar-refractivity contribution in [2.45, 2.75) is 36.8 Å². The van der Waals surface area contributed by atoms with Gasteiger partial charge in [-0.1, -0.05) is 17.8 Å². The van der Waals surface area contributed by atoms with Crippen molar-refractivity contribution in [3.8, 4) is 0 Å². The van der Waals surface area contributed by atoms with Crippen molar-refractivity contribution in [2.24, 2.45) is 11.8 Å². The van der Waals surface area contributed by atoms with Crippen LogP contribution in [0.15, 0.2) is 23.1 Å². The minimum Gasteiger partial charge on any atom is -0.302 e. The summed E-state index contributed by atoms with van der Waals surface area (Å²) in [6.45, 7) is 0. The molecule has 1 amide bonds. The number of halogens is 3. The van der Waals surface area contributed by atoms with Crippen molar-refractivity contribution in [2.75, 3.05) is 11.6 Å². The van der Waals surface area contributed by atoms with E-state index in [0.29, 0.717) is 23.1 Å². The lowest BCUT2D eigenvalue weighted by Crippen LogP contribution is -2.34. The van der Waals surface area contributed by atoms with E-state index in [9.17, 15) is 26.4 Å². The van der Waals surface area contributed by atoms with Crippen LogP contribution in [0.5, 0.6) is 0 Å². The molecule has 1 aliphatic rings. The van der Waals surface area contributed by atoms with Gasteiger partial charge >= 0.3 is 6.18 Å². The number of carbonyl (C=O) groups excluding carboxylic acids is 1. The van der Waals surface area contributed by atoms with Crippen LogP contribution >= 0.6 is 11.3 Å². The number of anilines is 1. The molecule has 10 heteroatoms. The number of alkyl halides is 3. The third-order valence-corrected chi connectivity index (χ3v) is 6.57. The molecule has 1 saturated carbocycles. The molecule has 0 aliphatic heterocycles. The third-order valence-electron chi connectivity index (χ3n) is 4.53. The first kappa shape index (κ1) is 19.1. The van der Waals surface area contributed by atoms with Crippen LogP contribution in [-0.4, -0.2) is 31.7 Å². The van der Waals surface area contributed by atoms with Crippen molar-refractivity contribution in [1.29, 1.82) is 0 Å². The van der Waals surface area contributed by atoms with Crippen molar-refractivity contribution in [3.63, 3.8) is 0 Å². The predicted octanol–water partition coefficient (Wildman–Crippen LogP) is 4.01. The molecule has 0 bridgehead atoms. The molecule has 1 aromatic heterocycles. The van der Waals surface area contributed by atoms with Gasteiger partial charge in [0.25, 0.3) is 0 Å². The highest BCUT2D eigenvalue weighted by atomic mass is 32.2. The topological polar surface area (TPSA) is 76.1 Å². The molecular formula is C16H17F3N2O3S2. The van der Waals surface area contributed by atoms with E-state index in [1.54, 1.807) is 0 Å². The quantitative estimate of drug-likeness (QED) is 0.836. The Kier molecular flexibility index (Phi) is 5.00. The molecule has 0 saturated heterocycles. The number of rotatable bonds is 3. The molecule has 26 heavy (non-hydrogen) atoms. The van der Waals surface area contributed by atoms with Gasteiger partial charge in [0.1, 0.15) is 0 Å². The van der Waals surface area contributed by atoms with Crippen LogP contribution < -0.4 is 5.32 Å². The Morgan fingerprint density at radius 1 is 1.31 bits per heavy atom. The minimum absolute atomic E-state index is 0.0582. The van der Waals surface area contributed by atoms with E-state index in [-0.39, 0.29) is 22.9 Å². The van der Waals surface area contributed by atoms with Gasteiger partial charge in [-0.2, -0.15) is 13.2 Å². The van der Waals surface area contributed by atoms with Gasteiger partial charge in [-0.25, -0.2) is 13.4 Å². The number of benzene rings is 1. The van der Waals surface area contributed by atoms with Gasteiger partial charge < -0.3 is 5.32 Å². The Labute approximate surface area is 152 Å². The summed E-state index contributed by atoms with van der Waals surface area (Å²) < 4.78 is 62.5. The average Bonchev–Trinajstić information content (AvgIpc) is 2.94. The number of thiazole rings is 1. The molecule has 1 fully saturated rings. The van der Waals surface area contributed by atoms with E-state index < -0.39 is 33.8 Å². The number of hydrogen-bond acceptors (Lipinski definition) is 5. The fraction of sp³-hybridized carbons (Fsp3) is 0.500. The third kappa shape index (κ3) is 4.17. The van der Waals surface area contributed by atoms with Gasteiger partial charge in [0, 0.05) is 12.2 Å². The molecule has 1 heterocycles. The first-order valence-corrected chi connectivity index (χ1v) is 10.7. The lowest BCUT2D eigenvalue weighted by Gasteiger charge is -2.29. The summed E-state index contributed by atoms with van der Waals surface area (Å²) in [5, 5.41) is 2.84. The van der Waals surface area contributed by atoms with Crippen LogP contribution in [0.3, 0.4) is 0 Å². The van der Waals surface area contributed by atoms with Gasteiger partial charge in [-0.05, 0) is 37.5 Å². The molecule has 0 radical (unpaired) electrons. The lowest BCUT2D eigenvalue weighted by molar-refractivity contribution is -0.185. The molecule has 1 aromatic carbocycles. The van der Waals surface area contributed by atoms with Crippen LogP contribution in [0, 0.1) is 11.8 Å². The van der Waals surface area contributed by atoms with Gasteiger partial charge in [0.2, 0.25) is 5.91 Å². The summed E-state index contributed by atoms with van der Waals surface area (Å²) in [6, 6.07) is 4.44. The van der Waals surface area contributed by atoms with Crippen molar-refractivity contribution >= 4 is 42.4 Å². The maximum atomic E-state index is 12.9. The lowest BCUT2D eigenvalue weighted by atomic mass is 9.80. The number of nitrogens with zero attached hydrogens (tertiary/aromatic N) is 1. The molecule has 1 N–H and O–H groups in total. The molecule has 142 valence electrons. The molecule has 0 unspecified atom stereocenters. The highest BCUT2D eigenvalue weighted by Gasteiger charge is 2.43. The Morgan fingerprint density at radius 2 is 2.04 bits per heavy atom. The Balaban J connectivity index is 1.75. The van der Waals surface area contributed by atoms with Gasteiger partial charge in [0.15, 0.2) is 15.0 Å². The number of sulfone groups is 1. The second kappa shape index (κ2) is 6.80. The average molecular weight is 406 g/mol. The molecule has 2 aromatic rings. The van der Waals surface area contributed by atoms with E-state index in [4.69, 9.17) is 0 Å². The van der Waals surface area contributed by atoms with E-state index in [1.807, 2.05) is 0 Å². The minimum atomic E-state index is -4.28. The first-order valence-electron chi connectivity index (χ1n) is 8.02. The van der Waals surface area contributed by atoms with Crippen LogP contribution in [0.1, 0.15) is 25.7 Å². The van der Waals surface area contributed by atoms with Gasteiger partial charge in [-0.3, -0.25) is 4.79 Å². The zero-order chi connectivity index (χ0) is 19.1. The highest BCUT2D eigenvalue weighted by molar-refractivity contribution is 7.90. The van der Waals surface area contributed by atoms with Gasteiger partial charge in [0.05, 0.1) is 21.0 Å². The second-order valence-corrected chi connectivity index (χ2v) is 9.56. The van der Waals surface area contributed by atoms with Gasteiger partial charge in [-0.15, -0.1) is 0 Å². The summed E-state index contributed by atoms with van der Waals surface area (Å²) >= 11 is 1.10. The maximum Gasteiger partial charge on any atom is 0.391 e. The van der Waals surface area contributed by atoms with E-state index in [1.165, 1.54) is 18.2 Å². The Hall–Kier alpha value is -1.68. The van der Waals surface area contributed by atoms with Crippen molar-refractivity contribution in [1.82, 2.24) is 4.98 Å². The fourth-order valence-electron chi connectivity index (χ4n) is 3.12. The molecule has 3 rings (SSSR count). The summed E-state index contributed by atoms with van der Waals surface area (Å²) in [7, 11) is -3.36. The van der Waals surface area contributed by atoms with E-state index >= 15 is 0 Å². The molecular weight excluding hydrogens is 389 g/mol. The smallest absolute Gasteiger partial charge is 0.302 e. The number of fused-ring (bicyclic) bond motifs is 1.